The van der Waals surface area contributed by atoms with Crippen molar-refractivity contribution in [2.45, 2.75) is 83.5 Å². The van der Waals surface area contributed by atoms with Gasteiger partial charge in [0.15, 0.2) is 0 Å². The van der Waals surface area contributed by atoms with Gasteiger partial charge in [0.2, 0.25) is 5.91 Å². The second-order valence-electron chi connectivity index (χ2n) is 6.46. The van der Waals surface area contributed by atoms with E-state index >= 15 is 0 Å². The first-order chi connectivity index (χ1) is 9.63. The van der Waals surface area contributed by atoms with Crippen LogP contribution in [-0.2, 0) is 4.79 Å². The molecule has 0 saturated carbocycles. The lowest BCUT2D eigenvalue weighted by atomic mass is 9.97. The van der Waals surface area contributed by atoms with Crippen LogP contribution in [0.5, 0.6) is 0 Å². The molecule has 2 aliphatic heterocycles. The number of piperidine rings is 1. The third kappa shape index (κ3) is 3.95. The lowest BCUT2D eigenvalue weighted by molar-refractivity contribution is -0.123. The number of amides is 1. The maximum atomic E-state index is 12.2. The van der Waals surface area contributed by atoms with E-state index in [2.05, 4.69) is 29.4 Å². The summed E-state index contributed by atoms with van der Waals surface area (Å²) in [5.41, 5.74) is 0. The first-order valence-corrected chi connectivity index (χ1v) is 8.44. The minimum Gasteiger partial charge on any atom is -0.352 e. The SMILES string of the molecule is CCC(CC)NC(=O)C(C)NC1CCN2CCCC2C1. The Morgan fingerprint density at radius 1 is 1.25 bits per heavy atom. The number of fused-ring (bicyclic) bond motifs is 1. The fourth-order valence-electron chi connectivity index (χ4n) is 3.62. The van der Waals surface area contributed by atoms with E-state index in [-0.39, 0.29) is 11.9 Å². The van der Waals surface area contributed by atoms with Crippen LogP contribution in [0.4, 0.5) is 0 Å². The van der Waals surface area contributed by atoms with Crippen LogP contribution in [0.15, 0.2) is 0 Å². The van der Waals surface area contributed by atoms with Crippen LogP contribution in [0.25, 0.3) is 0 Å². The lowest BCUT2D eigenvalue weighted by Crippen LogP contribution is -2.53. The molecular formula is C16H31N3O. The van der Waals surface area contributed by atoms with E-state index in [0.29, 0.717) is 12.1 Å². The number of nitrogens with one attached hydrogen (secondary N) is 2. The summed E-state index contributed by atoms with van der Waals surface area (Å²) in [6.07, 6.45) is 7.10. The molecule has 2 fully saturated rings. The minimum absolute atomic E-state index is 0.0754. The molecule has 4 heteroatoms. The van der Waals surface area contributed by atoms with Crippen molar-refractivity contribution in [2.24, 2.45) is 0 Å². The van der Waals surface area contributed by atoms with Crippen molar-refractivity contribution in [3.8, 4) is 0 Å². The molecule has 2 heterocycles. The van der Waals surface area contributed by atoms with Crippen molar-refractivity contribution in [1.82, 2.24) is 15.5 Å². The summed E-state index contributed by atoms with van der Waals surface area (Å²) < 4.78 is 0. The van der Waals surface area contributed by atoms with E-state index in [1.54, 1.807) is 0 Å². The number of rotatable bonds is 6. The van der Waals surface area contributed by atoms with Gasteiger partial charge in [0.1, 0.15) is 0 Å². The van der Waals surface area contributed by atoms with Crippen molar-refractivity contribution >= 4 is 5.91 Å². The van der Waals surface area contributed by atoms with Crippen molar-refractivity contribution in [3.05, 3.63) is 0 Å². The minimum atomic E-state index is -0.0754. The fraction of sp³-hybridized carbons (Fsp3) is 0.938. The summed E-state index contributed by atoms with van der Waals surface area (Å²) in [6, 6.07) is 1.52. The van der Waals surface area contributed by atoms with Crippen LogP contribution in [0.1, 0.15) is 59.3 Å². The molecule has 0 aromatic heterocycles. The predicted octanol–water partition coefficient (Wildman–Crippen LogP) is 1.90. The number of hydrogen-bond acceptors (Lipinski definition) is 3. The zero-order chi connectivity index (χ0) is 14.5. The molecular weight excluding hydrogens is 250 g/mol. The van der Waals surface area contributed by atoms with Gasteiger partial charge >= 0.3 is 0 Å². The highest BCUT2D eigenvalue weighted by molar-refractivity contribution is 5.81. The van der Waals surface area contributed by atoms with Gasteiger partial charge in [-0.05, 0) is 58.5 Å². The van der Waals surface area contributed by atoms with Gasteiger partial charge in [-0.25, -0.2) is 0 Å². The Morgan fingerprint density at radius 2 is 2.00 bits per heavy atom. The van der Waals surface area contributed by atoms with Crippen LogP contribution in [-0.4, -0.2) is 48.1 Å². The van der Waals surface area contributed by atoms with Gasteiger partial charge in [0, 0.05) is 18.1 Å². The van der Waals surface area contributed by atoms with Crippen LogP contribution in [0.2, 0.25) is 0 Å². The Balaban J connectivity index is 1.76. The molecule has 116 valence electrons. The zero-order valence-corrected chi connectivity index (χ0v) is 13.3. The van der Waals surface area contributed by atoms with Gasteiger partial charge in [-0.3, -0.25) is 4.79 Å². The molecule has 3 unspecified atom stereocenters. The highest BCUT2D eigenvalue weighted by atomic mass is 16.2. The molecule has 0 aromatic rings. The summed E-state index contributed by atoms with van der Waals surface area (Å²) in [6.45, 7) is 8.73. The molecule has 2 N–H and O–H groups in total. The van der Waals surface area contributed by atoms with Gasteiger partial charge in [-0.2, -0.15) is 0 Å². The molecule has 1 amide bonds. The van der Waals surface area contributed by atoms with Crippen molar-refractivity contribution < 1.29 is 4.79 Å². The highest BCUT2D eigenvalue weighted by Crippen LogP contribution is 2.26. The van der Waals surface area contributed by atoms with Gasteiger partial charge < -0.3 is 15.5 Å². The Labute approximate surface area is 123 Å². The maximum absolute atomic E-state index is 12.2. The van der Waals surface area contributed by atoms with Gasteiger partial charge in [0.25, 0.3) is 0 Å². The molecule has 2 rings (SSSR count). The molecule has 3 atom stereocenters. The zero-order valence-electron chi connectivity index (χ0n) is 13.3. The van der Waals surface area contributed by atoms with Crippen molar-refractivity contribution in [1.29, 1.82) is 0 Å². The van der Waals surface area contributed by atoms with Crippen LogP contribution < -0.4 is 10.6 Å². The maximum Gasteiger partial charge on any atom is 0.237 e. The van der Waals surface area contributed by atoms with E-state index in [1.807, 2.05) is 6.92 Å². The van der Waals surface area contributed by atoms with Gasteiger partial charge in [-0.15, -0.1) is 0 Å². The van der Waals surface area contributed by atoms with E-state index in [0.717, 1.165) is 18.9 Å². The Hall–Kier alpha value is -0.610. The quantitative estimate of drug-likeness (QED) is 0.781. The average molecular weight is 281 g/mol. The number of carbonyl (C=O) groups is 1. The Morgan fingerprint density at radius 3 is 2.70 bits per heavy atom. The summed E-state index contributed by atoms with van der Waals surface area (Å²) in [4.78, 5) is 14.8. The predicted molar refractivity (Wildman–Crippen MR) is 82.7 cm³/mol. The van der Waals surface area contributed by atoms with Crippen LogP contribution >= 0.6 is 0 Å². The smallest absolute Gasteiger partial charge is 0.237 e. The Kier molecular flexibility index (Phi) is 5.85. The molecule has 0 bridgehead atoms. The normalized spacial score (nSPS) is 28.4. The van der Waals surface area contributed by atoms with Crippen molar-refractivity contribution in [2.75, 3.05) is 13.1 Å². The third-order valence-electron chi connectivity index (χ3n) is 5.03. The molecule has 0 aliphatic carbocycles. The molecule has 2 saturated heterocycles. The molecule has 4 nitrogen and oxygen atoms in total. The highest BCUT2D eigenvalue weighted by Gasteiger charge is 2.32. The van der Waals surface area contributed by atoms with Gasteiger partial charge in [0.05, 0.1) is 6.04 Å². The summed E-state index contributed by atoms with van der Waals surface area (Å²) in [5.74, 6) is 0.160. The molecule has 0 spiro atoms. The van der Waals surface area contributed by atoms with E-state index in [9.17, 15) is 4.79 Å². The molecule has 20 heavy (non-hydrogen) atoms. The van der Waals surface area contributed by atoms with E-state index in [1.165, 1.54) is 38.8 Å². The molecule has 2 aliphatic rings. The molecule has 0 aromatic carbocycles. The summed E-state index contributed by atoms with van der Waals surface area (Å²) >= 11 is 0. The molecule has 0 radical (unpaired) electrons. The first kappa shape index (κ1) is 15.8. The Bertz CT molecular complexity index is 317. The fourth-order valence-corrected chi connectivity index (χ4v) is 3.62. The number of hydrogen-bond donors (Lipinski definition) is 2. The van der Waals surface area contributed by atoms with Crippen LogP contribution in [0.3, 0.4) is 0 Å². The second kappa shape index (κ2) is 7.41. The summed E-state index contributed by atoms with van der Waals surface area (Å²) in [5, 5.41) is 6.69. The standard InChI is InChI=1S/C16H31N3O/c1-4-13(5-2)18-16(20)12(3)17-14-8-10-19-9-6-7-15(19)11-14/h12-15,17H,4-11H2,1-3H3,(H,18,20). The number of nitrogens with zero attached hydrogens (tertiary/aromatic N) is 1. The lowest BCUT2D eigenvalue weighted by Gasteiger charge is -2.36. The second-order valence-corrected chi connectivity index (χ2v) is 6.46. The topological polar surface area (TPSA) is 44.4 Å². The third-order valence-corrected chi connectivity index (χ3v) is 5.03. The first-order valence-electron chi connectivity index (χ1n) is 8.44. The van der Waals surface area contributed by atoms with Crippen LogP contribution in [0, 0.1) is 0 Å². The van der Waals surface area contributed by atoms with Crippen molar-refractivity contribution in [3.63, 3.8) is 0 Å². The monoisotopic (exact) mass is 281 g/mol. The van der Waals surface area contributed by atoms with Gasteiger partial charge in [-0.1, -0.05) is 13.8 Å². The van der Waals surface area contributed by atoms with E-state index < -0.39 is 0 Å². The average Bonchev–Trinajstić information content (AvgIpc) is 2.91. The number of carbonyl (C=O) groups excluding carboxylic acids is 1. The van der Waals surface area contributed by atoms with E-state index in [4.69, 9.17) is 0 Å². The summed E-state index contributed by atoms with van der Waals surface area (Å²) in [7, 11) is 0. The largest absolute Gasteiger partial charge is 0.352 e.